The number of carbonyl (C=O) groups excluding carboxylic acids is 4. The highest BCUT2D eigenvalue weighted by molar-refractivity contribution is 6.01. The molecule has 0 aliphatic carbocycles. The molecular formula is C34H42N4O7. The second kappa shape index (κ2) is 18.3. The summed E-state index contributed by atoms with van der Waals surface area (Å²) in [6.45, 7) is 3.90. The summed E-state index contributed by atoms with van der Waals surface area (Å²) in [4.78, 5) is 58.3. The number of hydrogen-bond acceptors (Lipinski definition) is 8. The van der Waals surface area contributed by atoms with Crippen LogP contribution in [-0.2, 0) is 48.1 Å². The molecule has 0 saturated carbocycles. The van der Waals surface area contributed by atoms with Crippen molar-refractivity contribution < 1.29 is 33.5 Å². The van der Waals surface area contributed by atoms with Gasteiger partial charge in [-0.25, -0.2) is 4.79 Å². The summed E-state index contributed by atoms with van der Waals surface area (Å²) in [5, 5.41) is 8.88. The predicted molar refractivity (Wildman–Crippen MR) is 168 cm³/mol. The zero-order chi connectivity index (χ0) is 32.6. The quantitative estimate of drug-likeness (QED) is 0.164. The van der Waals surface area contributed by atoms with Gasteiger partial charge in [-0.15, -0.1) is 0 Å². The summed E-state index contributed by atoms with van der Waals surface area (Å²) in [5.41, 5.74) is 2.42. The first-order valence-electron chi connectivity index (χ1n) is 14.7. The lowest BCUT2D eigenvalue weighted by atomic mass is 10.0. The van der Waals surface area contributed by atoms with E-state index in [1.165, 1.54) is 12.2 Å². The molecule has 11 heteroatoms. The monoisotopic (exact) mass is 618 g/mol. The van der Waals surface area contributed by atoms with Crippen LogP contribution in [0.25, 0.3) is 0 Å². The summed E-state index contributed by atoms with van der Waals surface area (Å²) in [6, 6.07) is 25.6. The summed E-state index contributed by atoms with van der Waals surface area (Å²) in [7, 11) is 3.01. The minimum atomic E-state index is -1.52. The van der Waals surface area contributed by atoms with Gasteiger partial charge < -0.3 is 24.9 Å². The molecule has 3 N–H and O–H groups in total. The number of hydrogen-bond donors (Lipinski definition) is 3. The van der Waals surface area contributed by atoms with Crippen molar-refractivity contribution in [2.75, 3.05) is 20.8 Å². The molecule has 3 aromatic rings. The maximum atomic E-state index is 13.6. The van der Waals surface area contributed by atoms with E-state index in [0.717, 1.165) is 16.7 Å². The molecule has 0 radical (unpaired) electrons. The molecule has 45 heavy (non-hydrogen) atoms. The van der Waals surface area contributed by atoms with Crippen LogP contribution in [0.5, 0.6) is 0 Å². The maximum Gasteiger partial charge on any atom is 0.408 e. The minimum absolute atomic E-state index is 0.0110. The van der Waals surface area contributed by atoms with Crippen molar-refractivity contribution in [2.24, 2.45) is 5.92 Å². The smallest absolute Gasteiger partial charge is 0.408 e. The van der Waals surface area contributed by atoms with Gasteiger partial charge in [0.05, 0.1) is 13.7 Å². The number of nitrogens with one attached hydrogen (secondary N) is 3. The van der Waals surface area contributed by atoms with Gasteiger partial charge in [-0.3, -0.25) is 19.7 Å². The third-order valence-corrected chi connectivity index (χ3v) is 6.76. The normalized spacial score (nSPS) is 13.0. The number of rotatable bonds is 16. The number of hydroxylamine groups is 2. The van der Waals surface area contributed by atoms with E-state index < -0.39 is 42.1 Å². The molecule has 240 valence electrons. The second-order valence-corrected chi connectivity index (χ2v) is 10.9. The average Bonchev–Trinajstić information content (AvgIpc) is 3.05. The molecule has 4 amide bonds. The predicted octanol–water partition coefficient (Wildman–Crippen LogP) is 3.39. The Hall–Kier alpha value is -4.58. The summed E-state index contributed by atoms with van der Waals surface area (Å²) in [6.07, 6.45) is -1.94. The summed E-state index contributed by atoms with van der Waals surface area (Å²) in [5.74, 6) is -2.17. The number of likely N-dealkylation sites (N-methyl/N-ethyl adjacent to an activating group) is 1. The molecule has 0 aliphatic heterocycles. The first-order valence-corrected chi connectivity index (χ1v) is 14.7. The number of nitrogens with zero attached hydrogens (tertiary/aromatic N) is 1. The van der Waals surface area contributed by atoms with Crippen molar-refractivity contribution in [3.05, 3.63) is 108 Å². The largest absolute Gasteiger partial charge is 0.445 e. The van der Waals surface area contributed by atoms with Gasteiger partial charge in [-0.05, 0) is 29.0 Å². The third-order valence-electron chi connectivity index (χ3n) is 6.76. The highest BCUT2D eigenvalue weighted by Crippen LogP contribution is 2.10. The Morgan fingerprint density at radius 3 is 1.78 bits per heavy atom. The van der Waals surface area contributed by atoms with Gasteiger partial charge in [0.1, 0.15) is 18.7 Å². The number of alkyl carbamates (subject to hydrolysis) is 1. The van der Waals surface area contributed by atoms with Gasteiger partial charge in [-0.1, -0.05) is 105 Å². The van der Waals surface area contributed by atoms with E-state index in [9.17, 15) is 19.2 Å². The lowest BCUT2D eigenvalue weighted by Crippen LogP contribution is -2.58. The van der Waals surface area contributed by atoms with Crippen molar-refractivity contribution in [2.45, 2.75) is 51.6 Å². The fraction of sp³-hybridized carbons (Fsp3) is 0.353. The fourth-order valence-electron chi connectivity index (χ4n) is 4.29. The van der Waals surface area contributed by atoms with Crippen LogP contribution in [0.1, 0.15) is 30.5 Å². The van der Waals surface area contributed by atoms with Gasteiger partial charge in [0.2, 0.25) is 18.0 Å². The van der Waals surface area contributed by atoms with E-state index in [1.807, 2.05) is 105 Å². The minimum Gasteiger partial charge on any atom is -0.445 e. The number of ether oxygens (including phenoxy) is 2. The van der Waals surface area contributed by atoms with Crippen LogP contribution in [0, 0.1) is 5.92 Å². The van der Waals surface area contributed by atoms with Crippen molar-refractivity contribution in [3.8, 4) is 0 Å². The molecule has 3 aromatic carbocycles. The Morgan fingerprint density at radius 1 is 0.711 bits per heavy atom. The summed E-state index contributed by atoms with van der Waals surface area (Å²) < 4.78 is 11.1. The number of benzene rings is 3. The Kier molecular flexibility index (Phi) is 14.2. The first-order chi connectivity index (χ1) is 21.7. The molecule has 0 aliphatic rings. The third kappa shape index (κ3) is 12.1. The summed E-state index contributed by atoms with van der Waals surface area (Å²) >= 11 is 0. The highest BCUT2D eigenvalue weighted by atomic mass is 16.7. The molecule has 0 spiro atoms. The fourth-order valence-corrected chi connectivity index (χ4v) is 4.29. The van der Waals surface area contributed by atoms with Crippen LogP contribution in [0.15, 0.2) is 91.0 Å². The van der Waals surface area contributed by atoms with Gasteiger partial charge in [-0.2, -0.15) is 5.06 Å². The maximum absolute atomic E-state index is 13.6. The van der Waals surface area contributed by atoms with Gasteiger partial charge >= 0.3 is 6.09 Å². The lowest BCUT2D eigenvalue weighted by molar-refractivity contribution is -0.164. The molecule has 0 fully saturated rings. The first kappa shape index (κ1) is 34.9. The topological polar surface area (TPSA) is 135 Å². The Labute approximate surface area is 264 Å². The van der Waals surface area contributed by atoms with Crippen LogP contribution in [0.4, 0.5) is 4.79 Å². The van der Waals surface area contributed by atoms with Crippen molar-refractivity contribution in [1.29, 1.82) is 0 Å². The highest BCUT2D eigenvalue weighted by Gasteiger charge is 2.32. The molecule has 1 unspecified atom stereocenters. The number of imide groups is 1. The zero-order valence-corrected chi connectivity index (χ0v) is 26.1. The van der Waals surface area contributed by atoms with E-state index in [0.29, 0.717) is 0 Å². The van der Waals surface area contributed by atoms with Crippen LogP contribution >= 0.6 is 0 Å². The molecule has 0 aromatic heterocycles. The SMILES string of the molecule is CON(C)[C@@H](Cc1ccccc1)C(=O)NC(=O)C(NC(=O)[C@H](Cc1ccccc1)NC(=O)OCc1ccccc1)OCC(C)C. The Balaban J connectivity index is 1.74. The van der Waals surface area contributed by atoms with E-state index >= 15 is 0 Å². The molecular weight excluding hydrogens is 576 g/mol. The Bertz CT molecular complexity index is 1360. The molecule has 0 saturated heterocycles. The molecule has 3 rings (SSSR count). The molecule has 11 nitrogen and oxygen atoms in total. The van der Waals surface area contributed by atoms with Crippen LogP contribution < -0.4 is 16.0 Å². The van der Waals surface area contributed by atoms with Gasteiger partial charge in [0.25, 0.3) is 5.91 Å². The van der Waals surface area contributed by atoms with E-state index in [1.54, 1.807) is 7.05 Å². The molecule has 0 heterocycles. The number of amides is 4. The van der Waals surface area contributed by atoms with E-state index in [4.69, 9.17) is 14.3 Å². The van der Waals surface area contributed by atoms with E-state index in [2.05, 4.69) is 16.0 Å². The van der Waals surface area contributed by atoms with Crippen LogP contribution in [0.2, 0.25) is 0 Å². The standard InChI is InChI=1S/C34H42N4O7/c1-24(2)22-44-33(32(41)36-31(40)29(38(3)43-4)21-26-16-10-6-11-17-26)37-30(39)28(20-25-14-8-5-9-15-25)35-34(42)45-23-27-18-12-7-13-19-27/h5-19,24,28-29,33H,20-23H2,1-4H3,(H,35,42)(H,37,39)(H,36,40,41)/t28-,29-,33?/m0/s1. The zero-order valence-electron chi connectivity index (χ0n) is 26.1. The van der Waals surface area contributed by atoms with Crippen molar-refractivity contribution in [3.63, 3.8) is 0 Å². The lowest BCUT2D eigenvalue weighted by Gasteiger charge is -2.27. The average molecular weight is 619 g/mol. The number of carbonyl (C=O) groups is 4. The van der Waals surface area contributed by atoms with Crippen molar-refractivity contribution in [1.82, 2.24) is 21.0 Å². The van der Waals surface area contributed by atoms with Crippen LogP contribution in [0.3, 0.4) is 0 Å². The Morgan fingerprint density at radius 2 is 1.24 bits per heavy atom. The molecule has 3 atom stereocenters. The second-order valence-electron chi connectivity index (χ2n) is 10.9. The van der Waals surface area contributed by atoms with Crippen LogP contribution in [-0.4, -0.2) is 68.0 Å². The van der Waals surface area contributed by atoms with Gasteiger partial charge in [0.15, 0.2) is 0 Å². The van der Waals surface area contributed by atoms with Crippen molar-refractivity contribution >= 4 is 23.8 Å². The van der Waals surface area contributed by atoms with Gasteiger partial charge in [0, 0.05) is 13.5 Å². The molecule has 0 bridgehead atoms. The van der Waals surface area contributed by atoms with E-state index in [-0.39, 0.29) is 32.0 Å².